The second kappa shape index (κ2) is 9.71. The van der Waals surface area contributed by atoms with Crippen LogP contribution in [-0.2, 0) is 0 Å². The van der Waals surface area contributed by atoms with Crippen molar-refractivity contribution >= 4 is 45.9 Å². The number of carboxylic acids is 1. The normalized spacial score (nSPS) is 11.5. The van der Waals surface area contributed by atoms with Crippen molar-refractivity contribution in [2.75, 3.05) is 6.61 Å². The molecule has 0 saturated heterocycles. The van der Waals surface area contributed by atoms with E-state index in [0.29, 0.717) is 5.39 Å². The lowest BCUT2D eigenvalue weighted by Crippen LogP contribution is -2.25. The summed E-state index contributed by atoms with van der Waals surface area (Å²) in [5.41, 5.74) is 4.57. The molecule has 0 aliphatic heterocycles. The van der Waals surface area contributed by atoms with Crippen LogP contribution in [-0.4, -0.2) is 33.3 Å². The Morgan fingerprint density at radius 3 is 2.30 bits per heavy atom. The van der Waals surface area contributed by atoms with Crippen molar-refractivity contribution in [3.63, 3.8) is 0 Å². The van der Waals surface area contributed by atoms with Gasteiger partial charge in [-0.15, -0.1) is 0 Å². The molecule has 0 radical (unpaired) electrons. The molecule has 1 atom stereocenters. The van der Waals surface area contributed by atoms with E-state index in [4.69, 9.17) is 39.1 Å². The number of halogens is 3. The second-order valence-corrected chi connectivity index (χ2v) is 7.06. The van der Waals surface area contributed by atoms with Crippen LogP contribution in [0, 0.1) is 5.82 Å². The van der Waals surface area contributed by atoms with Crippen LogP contribution in [0.2, 0.25) is 10.0 Å². The zero-order valence-electron chi connectivity index (χ0n) is 15.6. The number of aliphatic hydroxyl groups is 1. The van der Waals surface area contributed by atoms with Gasteiger partial charge in [0.1, 0.15) is 5.82 Å². The van der Waals surface area contributed by atoms with E-state index < -0.39 is 17.7 Å². The third kappa shape index (κ3) is 4.96. The number of hydrogen-bond donors (Lipinski definition) is 3. The van der Waals surface area contributed by atoms with Gasteiger partial charge >= 0.3 is 5.97 Å². The lowest BCUT2D eigenvalue weighted by molar-refractivity contribution is 0.0699. The minimum absolute atomic E-state index is 0.0185. The maximum absolute atomic E-state index is 12.6. The van der Waals surface area contributed by atoms with Crippen molar-refractivity contribution in [2.24, 2.45) is 5.73 Å². The van der Waals surface area contributed by atoms with Crippen LogP contribution in [0.4, 0.5) is 4.39 Å². The fraction of sp³-hybridized carbons (Fsp3) is 0.150. The Hall–Kier alpha value is -2.94. The number of hydrogen-bond acceptors (Lipinski definition) is 4. The number of amides is 1. The van der Waals surface area contributed by atoms with Gasteiger partial charge in [-0.05, 0) is 43.3 Å². The molecule has 158 valence electrons. The molecule has 0 saturated carbocycles. The van der Waals surface area contributed by atoms with Gasteiger partial charge < -0.3 is 20.5 Å². The first-order chi connectivity index (χ1) is 14.1. The maximum atomic E-state index is 12.6. The quantitative estimate of drug-likeness (QED) is 0.556. The Kier molecular flexibility index (Phi) is 7.55. The molecule has 1 aromatic heterocycles. The largest absolute Gasteiger partial charge is 0.478 e. The number of rotatable bonds is 4. The number of nitrogens with two attached hydrogens (primary N) is 1. The number of carbonyl (C=O) groups is 2. The minimum Gasteiger partial charge on any atom is -0.478 e. The number of carbonyl (C=O) groups excluding carboxylic acids is 1. The molecule has 0 bridgehead atoms. The van der Waals surface area contributed by atoms with Crippen LogP contribution in [0.3, 0.4) is 0 Å². The van der Waals surface area contributed by atoms with Crippen LogP contribution in [0.25, 0.3) is 10.8 Å². The first-order valence-corrected chi connectivity index (χ1v) is 9.26. The Labute approximate surface area is 180 Å². The molecule has 0 aliphatic carbocycles. The topological polar surface area (TPSA) is 123 Å². The lowest BCUT2D eigenvalue weighted by atomic mass is 10.1. The van der Waals surface area contributed by atoms with E-state index in [1.807, 2.05) is 0 Å². The Morgan fingerprint density at radius 1 is 1.13 bits per heavy atom. The predicted molar refractivity (Wildman–Crippen MR) is 112 cm³/mol. The first-order valence-electron chi connectivity index (χ1n) is 8.50. The number of fused-ring (bicyclic) bond motifs is 1. The number of carboxylic acid groups (broad SMARTS) is 1. The van der Waals surface area contributed by atoms with E-state index in [2.05, 4.69) is 0 Å². The fourth-order valence-corrected chi connectivity index (χ4v) is 2.98. The third-order valence-electron chi connectivity index (χ3n) is 4.22. The molecule has 3 aromatic rings. The van der Waals surface area contributed by atoms with Gasteiger partial charge in [0, 0.05) is 22.5 Å². The monoisotopic (exact) mass is 454 g/mol. The highest BCUT2D eigenvalue weighted by Gasteiger charge is 2.16. The van der Waals surface area contributed by atoms with Crippen molar-refractivity contribution in [3.8, 4) is 0 Å². The summed E-state index contributed by atoms with van der Waals surface area (Å²) in [5, 5.41) is 18.9. The summed E-state index contributed by atoms with van der Waals surface area (Å²) >= 11 is 11.2. The molecule has 4 N–H and O–H groups in total. The molecule has 30 heavy (non-hydrogen) atoms. The lowest BCUT2D eigenvalue weighted by Gasteiger charge is -2.13. The first kappa shape index (κ1) is 23.3. The van der Waals surface area contributed by atoms with Crippen molar-refractivity contribution in [3.05, 3.63) is 79.9 Å². The molecule has 1 heterocycles. The highest BCUT2D eigenvalue weighted by molar-refractivity contribution is 6.35. The molecule has 7 nitrogen and oxygen atoms in total. The average molecular weight is 455 g/mol. The number of nitrogens with zero attached hydrogens (tertiary/aromatic N) is 1. The van der Waals surface area contributed by atoms with Gasteiger partial charge in [-0.25, -0.2) is 9.18 Å². The van der Waals surface area contributed by atoms with E-state index in [1.165, 1.54) is 41.1 Å². The van der Waals surface area contributed by atoms with Crippen molar-refractivity contribution in [1.29, 1.82) is 0 Å². The molecule has 0 aliphatic rings. The van der Waals surface area contributed by atoms with E-state index in [9.17, 15) is 18.8 Å². The van der Waals surface area contributed by atoms with E-state index in [0.717, 1.165) is 6.07 Å². The van der Waals surface area contributed by atoms with E-state index in [-0.39, 0.29) is 44.8 Å². The van der Waals surface area contributed by atoms with Gasteiger partial charge in [0.05, 0.1) is 28.3 Å². The van der Waals surface area contributed by atoms with Crippen LogP contribution in [0.1, 0.15) is 33.7 Å². The number of aromatic carboxylic acids is 1. The van der Waals surface area contributed by atoms with Crippen LogP contribution >= 0.6 is 23.2 Å². The van der Waals surface area contributed by atoms with Crippen molar-refractivity contribution in [2.45, 2.75) is 13.0 Å². The van der Waals surface area contributed by atoms with Gasteiger partial charge in [-0.1, -0.05) is 23.2 Å². The zero-order chi connectivity index (χ0) is 22.6. The third-order valence-corrected chi connectivity index (χ3v) is 4.84. The maximum Gasteiger partial charge on any atom is 0.337 e. The summed E-state index contributed by atoms with van der Waals surface area (Å²) in [5.74, 6) is -2.48. The zero-order valence-corrected chi connectivity index (χ0v) is 17.1. The minimum atomic E-state index is -1.18. The fourth-order valence-electron chi connectivity index (χ4n) is 2.62. The van der Waals surface area contributed by atoms with Gasteiger partial charge in [-0.2, -0.15) is 0 Å². The molecular formula is C20H17Cl2FN2O5. The van der Waals surface area contributed by atoms with Gasteiger partial charge in [-0.3, -0.25) is 9.59 Å². The number of pyridine rings is 1. The van der Waals surface area contributed by atoms with Gasteiger partial charge in [0.2, 0.25) is 5.91 Å². The summed E-state index contributed by atoms with van der Waals surface area (Å²) in [6, 6.07) is 7.70. The molecular weight excluding hydrogens is 438 g/mol. The molecule has 3 rings (SSSR count). The standard InChI is InChI=1S/C13H12ClNO4.C7H5ClFNO/c1-7(6-16)15-5-4-8-9(12(15)17)2-3-10(14)11(8)13(18)19;8-5-2-1-4(7(10)11)3-6(5)9/h2-5,7,16H,6H2,1H3,(H,18,19);1-3H,(H2,10,11)/t7-;/m1./s1. The molecule has 0 fully saturated rings. The predicted octanol–water partition coefficient (Wildman–Crippen LogP) is 3.48. The smallest absolute Gasteiger partial charge is 0.337 e. The SMILES string of the molecule is C[C@H](CO)n1ccc2c(C(=O)O)c(Cl)ccc2c1=O.NC(=O)c1ccc(Cl)c(F)c1. The van der Waals surface area contributed by atoms with E-state index >= 15 is 0 Å². The van der Waals surface area contributed by atoms with Crippen LogP contribution < -0.4 is 11.3 Å². The Morgan fingerprint density at radius 2 is 1.77 bits per heavy atom. The van der Waals surface area contributed by atoms with E-state index in [1.54, 1.807) is 6.92 Å². The van der Waals surface area contributed by atoms with Crippen LogP contribution in [0.5, 0.6) is 0 Å². The number of aromatic nitrogens is 1. The summed E-state index contributed by atoms with van der Waals surface area (Å²) in [6.45, 7) is 1.52. The number of primary amides is 1. The second-order valence-electron chi connectivity index (χ2n) is 6.24. The summed E-state index contributed by atoms with van der Waals surface area (Å²) in [6.07, 6.45) is 1.47. The Balaban J connectivity index is 0.000000248. The molecule has 0 spiro atoms. The average Bonchev–Trinajstić information content (AvgIpc) is 2.69. The van der Waals surface area contributed by atoms with Crippen LogP contribution in [0.15, 0.2) is 47.4 Å². The van der Waals surface area contributed by atoms with Crippen molar-refractivity contribution < 1.29 is 24.2 Å². The number of aliphatic hydroxyl groups excluding tert-OH is 1. The highest BCUT2D eigenvalue weighted by Crippen LogP contribution is 2.24. The van der Waals surface area contributed by atoms with Gasteiger partial charge in [0.25, 0.3) is 5.56 Å². The Bertz CT molecular complexity index is 1180. The molecule has 10 heteroatoms. The summed E-state index contributed by atoms with van der Waals surface area (Å²) in [7, 11) is 0. The molecule has 0 unspecified atom stereocenters. The number of benzene rings is 2. The van der Waals surface area contributed by atoms with Gasteiger partial charge in [0.15, 0.2) is 0 Å². The van der Waals surface area contributed by atoms with Crippen molar-refractivity contribution in [1.82, 2.24) is 4.57 Å². The highest BCUT2D eigenvalue weighted by atomic mass is 35.5. The summed E-state index contributed by atoms with van der Waals surface area (Å²) < 4.78 is 14.0. The summed E-state index contributed by atoms with van der Waals surface area (Å²) in [4.78, 5) is 33.9. The molecule has 1 amide bonds. The molecule has 2 aromatic carbocycles.